The minimum absolute atomic E-state index is 0.0107. The zero-order chi connectivity index (χ0) is 19.1. The van der Waals surface area contributed by atoms with Crippen LogP contribution >= 0.6 is 23.2 Å². The van der Waals surface area contributed by atoms with Crippen LogP contribution in [0.25, 0.3) is 5.78 Å². The third-order valence-electron chi connectivity index (χ3n) is 3.42. The Balaban J connectivity index is 2.09. The summed E-state index contributed by atoms with van der Waals surface area (Å²) in [4.78, 5) is 7.72. The van der Waals surface area contributed by atoms with Gasteiger partial charge in [0.25, 0.3) is 21.0 Å². The second-order valence-corrected chi connectivity index (χ2v) is 7.55. The summed E-state index contributed by atoms with van der Waals surface area (Å²) in [7, 11) is -2.90. The van der Waals surface area contributed by atoms with Gasteiger partial charge in [-0.15, -0.1) is 5.10 Å². The average Bonchev–Trinajstić information content (AvgIpc) is 3.06. The molecule has 26 heavy (non-hydrogen) atoms. The monoisotopic (exact) mass is 419 g/mol. The lowest BCUT2D eigenvalue weighted by molar-refractivity contribution is 0.380. The summed E-state index contributed by atoms with van der Waals surface area (Å²) in [5.41, 5.74) is 0.674. The topological polar surface area (TPSA) is 98.5 Å². The highest BCUT2D eigenvalue weighted by molar-refractivity contribution is 7.92. The Bertz CT molecular complexity index is 1100. The Morgan fingerprint density at radius 1 is 1.31 bits per heavy atom. The maximum absolute atomic E-state index is 12.9. The number of anilines is 1. The van der Waals surface area contributed by atoms with Gasteiger partial charge in [-0.05, 0) is 18.6 Å². The summed E-state index contributed by atoms with van der Waals surface area (Å²) in [6.07, 6.45) is 0. The van der Waals surface area contributed by atoms with Crippen molar-refractivity contribution in [2.45, 2.75) is 18.8 Å². The molecular weight excluding hydrogens is 408 g/mol. The average molecular weight is 420 g/mol. The summed E-state index contributed by atoms with van der Waals surface area (Å²) >= 11 is 12.2. The van der Waals surface area contributed by atoms with Gasteiger partial charge < -0.3 is 4.74 Å². The van der Waals surface area contributed by atoms with Crippen LogP contribution in [0.3, 0.4) is 0 Å². The molecule has 0 atom stereocenters. The fourth-order valence-electron chi connectivity index (χ4n) is 2.13. The molecule has 0 spiro atoms. The first kappa shape index (κ1) is 18.6. The molecule has 12 heteroatoms. The summed E-state index contributed by atoms with van der Waals surface area (Å²) in [5.74, 6) is -0.0398. The third-order valence-corrected chi connectivity index (χ3v) is 5.35. The Morgan fingerprint density at radius 2 is 2.04 bits per heavy atom. The number of nitrogens with zero attached hydrogens (tertiary/aromatic N) is 4. The zero-order valence-electron chi connectivity index (χ0n) is 13.5. The molecule has 0 aliphatic heterocycles. The van der Waals surface area contributed by atoms with E-state index in [0.717, 1.165) is 4.52 Å². The molecule has 0 fully saturated rings. The van der Waals surface area contributed by atoms with Crippen LogP contribution in [0.5, 0.6) is 5.88 Å². The Kier molecular flexibility index (Phi) is 4.91. The normalized spacial score (nSPS) is 11.7. The number of ether oxygens (including phenoxy) is 1. The molecule has 0 saturated heterocycles. The molecule has 1 aromatic carbocycles. The van der Waals surface area contributed by atoms with Gasteiger partial charge in [0, 0.05) is 6.07 Å². The number of hydrogen-bond acceptors (Lipinski definition) is 6. The molecule has 0 aliphatic carbocycles. The maximum Gasteiger partial charge on any atom is 0.299 e. The van der Waals surface area contributed by atoms with Crippen LogP contribution in [0.4, 0.5) is 10.1 Å². The third kappa shape index (κ3) is 3.27. The number of hydrogen-bond donors (Lipinski definition) is 1. The fraction of sp³-hybridized carbons (Fsp3) is 0.214. The first-order chi connectivity index (χ1) is 12.3. The van der Waals surface area contributed by atoms with Crippen molar-refractivity contribution in [3.8, 4) is 5.88 Å². The minimum Gasteiger partial charge on any atom is -0.481 e. The van der Waals surface area contributed by atoms with Crippen LogP contribution in [0.1, 0.15) is 11.3 Å². The molecule has 0 saturated carbocycles. The number of methoxy groups -OCH3 is 1. The van der Waals surface area contributed by atoms with Gasteiger partial charge in [-0.2, -0.15) is 17.9 Å². The van der Waals surface area contributed by atoms with E-state index in [1.165, 1.54) is 19.2 Å². The van der Waals surface area contributed by atoms with Crippen molar-refractivity contribution in [3.05, 3.63) is 39.5 Å². The van der Waals surface area contributed by atoms with E-state index in [4.69, 9.17) is 27.9 Å². The number of rotatable bonds is 5. The van der Waals surface area contributed by atoms with Crippen molar-refractivity contribution >= 4 is 44.7 Å². The molecule has 0 unspecified atom stereocenters. The number of halogens is 3. The van der Waals surface area contributed by atoms with Crippen LogP contribution in [0, 0.1) is 6.92 Å². The molecule has 0 radical (unpaired) electrons. The van der Waals surface area contributed by atoms with Crippen LogP contribution in [-0.2, 0) is 16.7 Å². The number of benzene rings is 1. The molecule has 0 amide bonds. The van der Waals surface area contributed by atoms with Crippen molar-refractivity contribution in [2.75, 3.05) is 11.8 Å². The lowest BCUT2D eigenvalue weighted by Crippen LogP contribution is -2.15. The lowest BCUT2D eigenvalue weighted by Gasteiger charge is -2.10. The molecule has 3 aromatic rings. The lowest BCUT2D eigenvalue weighted by atomic mass is 10.2. The zero-order valence-corrected chi connectivity index (χ0v) is 15.8. The van der Waals surface area contributed by atoms with Crippen molar-refractivity contribution in [1.82, 2.24) is 19.6 Å². The van der Waals surface area contributed by atoms with Gasteiger partial charge in [0.05, 0.1) is 28.5 Å². The summed E-state index contributed by atoms with van der Waals surface area (Å²) < 4.78 is 46.5. The highest BCUT2D eigenvalue weighted by atomic mass is 35.5. The predicted octanol–water partition coefficient (Wildman–Crippen LogP) is 3.02. The molecule has 138 valence electrons. The van der Waals surface area contributed by atoms with E-state index < -0.39 is 21.9 Å². The predicted molar refractivity (Wildman–Crippen MR) is 94.2 cm³/mol. The Labute approximate surface area is 158 Å². The number of alkyl halides is 1. The van der Waals surface area contributed by atoms with Crippen LogP contribution < -0.4 is 9.46 Å². The van der Waals surface area contributed by atoms with E-state index in [2.05, 4.69) is 19.8 Å². The molecule has 3 rings (SSSR count). The van der Waals surface area contributed by atoms with E-state index in [9.17, 15) is 12.8 Å². The van der Waals surface area contributed by atoms with E-state index in [0.29, 0.717) is 5.56 Å². The molecule has 0 aliphatic rings. The second-order valence-electron chi connectivity index (χ2n) is 5.19. The SMILES string of the molecule is COc1cc(CF)nc2nc(S(=O)(=O)Nc3c(Cl)ccc(C)c3Cl)nn12. The van der Waals surface area contributed by atoms with Crippen molar-refractivity contribution < 1.29 is 17.5 Å². The molecule has 8 nitrogen and oxygen atoms in total. The van der Waals surface area contributed by atoms with E-state index >= 15 is 0 Å². The van der Waals surface area contributed by atoms with Crippen molar-refractivity contribution in [2.24, 2.45) is 0 Å². The summed E-state index contributed by atoms with van der Waals surface area (Å²) in [6.45, 7) is 0.835. The second kappa shape index (κ2) is 6.86. The van der Waals surface area contributed by atoms with Crippen molar-refractivity contribution in [3.63, 3.8) is 0 Å². The van der Waals surface area contributed by atoms with Gasteiger partial charge in [0.15, 0.2) is 0 Å². The standard InChI is InChI=1S/C14H12Cl2FN5O3S/c1-7-3-4-9(15)12(11(7)16)21-26(23,24)14-19-13-18-8(6-17)5-10(25-2)22(13)20-14/h3-5,21H,6H2,1-2H3. The van der Waals surface area contributed by atoms with E-state index in [1.807, 2.05) is 0 Å². The molecule has 2 heterocycles. The number of fused-ring (bicyclic) bond motifs is 1. The minimum atomic E-state index is -4.23. The Morgan fingerprint density at radius 3 is 2.69 bits per heavy atom. The molecule has 2 aromatic heterocycles. The quantitative estimate of drug-likeness (QED) is 0.682. The summed E-state index contributed by atoms with van der Waals surface area (Å²) in [5, 5.41) is 3.54. The number of sulfonamides is 1. The number of nitrogens with one attached hydrogen (secondary N) is 1. The molecular formula is C14H12Cl2FN5O3S. The number of aromatic nitrogens is 4. The first-order valence-electron chi connectivity index (χ1n) is 7.11. The first-order valence-corrected chi connectivity index (χ1v) is 9.35. The van der Waals surface area contributed by atoms with Gasteiger partial charge >= 0.3 is 0 Å². The number of aryl methyl sites for hydroxylation is 1. The van der Waals surface area contributed by atoms with E-state index in [1.54, 1.807) is 13.0 Å². The van der Waals surface area contributed by atoms with Crippen LogP contribution in [0.15, 0.2) is 23.4 Å². The van der Waals surface area contributed by atoms with Crippen molar-refractivity contribution in [1.29, 1.82) is 0 Å². The molecule has 1 N–H and O–H groups in total. The molecule has 0 bridgehead atoms. The van der Waals surface area contributed by atoms with E-state index in [-0.39, 0.29) is 33.1 Å². The highest BCUT2D eigenvalue weighted by Crippen LogP contribution is 2.34. The smallest absolute Gasteiger partial charge is 0.299 e. The highest BCUT2D eigenvalue weighted by Gasteiger charge is 2.25. The van der Waals surface area contributed by atoms with Gasteiger partial charge in [0.2, 0.25) is 5.88 Å². The maximum atomic E-state index is 12.9. The summed E-state index contributed by atoms with van der Waals surface area (Å²) in [6, 6.07) is 4.45. The van der Waals surface area contributed by atoms with Crippen LogP contribution in [0.2, 0.25) is 10.0 Å². The largest absolute Gasteiger partial charge is 0.481 e. The Hall–Kier alpha value is -2.17. The fourth-order valence-corrected chi connectivity index (χ4v) is 3.67. The van der Waals surface area contributed by atoms with Gasteiger partial charge in [-0.25, -0.2) is 9.37 Å². The van der Waals surface area contributed by atoms with Gasteiger partial charge in [0.1, 0.15) is 6.67 Å². The van der Waals surface area contributed by atoms with Gasteiger partial charge in [-0.3, -0.25) is 4.72 Å². The van der Waals surface area contributed by atoms with Gasteiger partial charge in [-0.1, -0.05) is 29.3 Å². The van der Waals surface area contributed by atoms with Crippen LogP contribution in [-0.4, -0.2) is 35.1 Å².